The van der Waals surface area contributed by atoms with Crippen LogP contribution < -0.4 is 5.32 Å². The fourth-order valence-electron chi connectivity index (χ4n) is 2.54. The molecule has 0 fully saturated rings. The highest BCUT2D eigenvalue weighted by atomic mass is 35.5. The van der Waals surface area contributed by atoms with Gasteiger partial charge < -0.3 is 9.88 Å². The van der Waals surface area contributed by atoms with Gasteiger partial charge in [0, 0.05) is 37.1 Å². The van der Waals surface area contributed by atoms with Crippen LogP contribution in [0.2, 0.25) is 5.02 Å². The topological polar surface area (TPSA) is 73.0 Å². The molecule has 0 saturated carbocycles. The zero-order valence-corrected chi connectivity index (χ0v) is 13.9. The summed E-state index contributed by atoms with van der Waals surface area (Å²) in [6.45, 7) is 0. The molecule has 8 heteroatoms. The second kappa shape index (κ2) is 6.90. The Morgan fingerprint density at radius 3 is 2.68 bits per heavy atom. The van der Waals surface area contributed by atoms with Gasteiger partial charge in [-0.25, -0.2) is 9.37 Å². The first-order valence-corrected chi connectivity index (χ1v) is 7.77. The maximum Gasteiger partial charge on any atom is 0.271 e. The molecule has 6 nitrogen and oxygen atoms in total. The lowest BCUT2D eigenvalue weighted by molar-refractivity contribution is -0.384. The molecule has 0 bridgehead atoms. The van der Waals surface area contributed by atoms with E-state index in [1.165, 1.54) is 24.3 Å². The number of hydrogen-bond acceptors (Lipinski definition) is 4. The van der Waals surface area contributed by atoms with Gasteiger partial charge in [0.2, 0.25) is 0 Å². The molecule has 0 radical (unpaired) electrons. The minimum absolute atomic E-state index is 0.116. The molecule has 3 aromatic rings. The van der Waals surface area contributed by atoms with Crippen molar-refractivity contribution in [2.45, 2.75) is 6.04 Å². The number of benzene rings is 2. The smallest absolute Gasteiger partial charge is 0.271 e. The van der Waals surface area contributed by atoms with Gasteiger partial charge in [0.15, 0.2) is 0 Å². The van der Waals surface area contributed by atoms with Crippen LogP contribution in [0, 0.1) is 15.9 Å². The van der Waals surface area contributed by atoms with Crippen LogP contribution in [0.25, 0.3) is 0 Å². The third-order valence-corrected chi connectivity index (χ3v) is 4.11. The van der Waals surface area contributed by atoms with E-state index < -0.39 is 11.0 Å². The molecule has 3 rings (SSSR count). The number of nitrogens with one attached hydrogen (secondary N) is 1. The Hall–Kier alpha value is -2.93. The molecule has 1 N–H and O–H groups in total. The fourth-order valence-corrected chi connectivity index (χ4v) is 2.77. The quantitative estimate of drug-likeness (QED) is 0.543. The number of non-ortho nitro benzene ring substituents is 1. The summed E-state index contributed by atoms with van der Waals surface area (Å²) in [6.07, 6.45) is 3.37. The summed E-state index contributed by atoms with van der Waals surface area (Å²) >= 11 is 6.16. The number of aromatic nitrogens is 2. The van der Waals surface area contributed by atoms with Gasteiger partial charge in [0.05, 0.1) is 15.6 Å². The summed E-state index contributed by atoms with van der Waals surface area (Å²) in [7, 11) is 1.80. The Bertz CT molecular complexity index is 929. The number of nitro groups is 1. The van der Waals surface area contributed by atoms with Crippen molar-refractivity contribution < 1.29 is 9.31 Å². The number of anilines is 1. The summed E-state index contributed by atoms with van der Waals surface area (Å²) in [4.78, 5) is 14.6. The largest absolute Gasteiger partial charge is 0.370 e. The van der Waals surface area contributed by atoms with Crippen molar-refractivity contribution in [3.63, 3.8) is 0 Å². The first-order valence-electron chi connectivity index (χ1n) is 7.39. The lowest BCUT2D eigenvalue weighted by atomic mass is 10.0. The lowest BCUT2D eigenvalue weighted by Crippen LogP contribution is -2.18. The molecule has 1 atom stereocenters. The second-order valence-corrected chi connectivity index (χ2v) is 5.82. The molecule has 128 valence electrons. The van der Waals surface area contributed by atoms with Crippen LogP contribution in [-0.2, 0) is 7.05 Å². The van der Waals surface area contributed by atoms with Crippen LogP contribution in [0.4, 0.5) is 15.8 Å². The van der Waals surface area contributed by atoms with Crippen LogP contribution in [0.5, 0.6) is 0 Å². The molecule has 0 amide bonds. The van der Waals surface area contributed by atoms with Gasteiger partial charge >= 0.3 is 0 Å². The summed E-state index contributed by atoms with van der Waals surface area (Å²) in [5, 5.41) is 14.2. The van der Waals surface area contributed by atoms with Crippen molar-refractivity contribution in [2.75, 3.05) is 5.32 Å². The monoisotopic (exact) mass is 360 g/mol. The third-order valence-electron chi connectivity index (χ3n) is 3.80. The molecular weight excluding hydrogens is 347 g/mol. The van der Waals surface area contributed by atoms with Crippen LogP contribution in [0.15, 0.2) is 54.9 Å². The van der Waals surface area contributed by atoms with Gasteiger partial charge in [-0.2, -0.15) is 0 Å². The fraction of sp³-hybridized carbons (Fsp3) is 0.118. The Kier molecular flexibility index (Phi) is 4.67. The number of hydrogen-bond donors (Lipinski definition) is 1. The Balaban J connectivity index is 2.04. The first-order chi connectivity index (χ1) is 12.0. The second-order valence-electron chi connectivity index (χ2n) is 5.42. The number of rotatable bonds is 5. The number of nitrogens with zero attached hydrogens (tertiary/aromatic N) is 3. The Morgan fingerprint density at radius 2 is 2.08 bits per heavy atom. The number of imidazole rings is 1. The van der Waals surface area contributed by atoms with Crippen molar-refractivity contribution in [2.24, 2.45) is 7.05 Å². The zero-order valence-electron chi connectivity index (χ0n) is 13.2. The van der Waals surface area contributed by atoms with E-state index in [9.17, 15) is 14.5 Å². The van der Waals surface area contributed by atoms with Crippen molar-refractivity contribution in [3.8, 4) is 0 Å². The standard InChI is InChI=1S/C17H14ClFN4O2/c1-22-9-8-20-17(22)16(12-4-2-3-5-14(12)19)21-15-7-6-11(23(24)25)10-13(15)18/h2-10,16,21H,1H3/t16-/m0/s1. The summed E-state index contributed by atoms with van der Waals surface area (Å²) in [6, 6.07) is 9.83. The van der Waals surface area contributed by atoms with Crippen LogP contribution in [0.3, 0.4) is 0 Å². The average Bonchev–Trinajstić information content (AvgIpc) is 3.00. The maximum absolute atomic E-state index is 14.3. The molecule has 2 aromatic carbocycles. The summed E-state index contributed by atoms with van der Waals surface area (Å²) in [5.41, 5.74) is 0.727. The number of nitro benzene ring substituents is 1. The van der Waals surface area contributed by atoms with E-state index in [0.29, 0.717) is 17.1 Å². The van der Waals surface area contributed by atoms with Crippen LogP contribution in [-0.4, -0.2) is 14.5 Å². The summed E-state index contributed by atoms with van der Waals surface area (Å²) in [5.74, 6) is 0.195. The van der Waals surface area contributed by atoms with Gasteiger partial charge in [-0.3, -0.25) is 10.1 Å². The van der Waals surface area contributed by atoms with E-state index in [-0.39, 0.29) is 16.5 Å². The van der Waals surface area contributed by atoms with Crippen LogP contribution in [0.1, 0.15) is 17.4 Å². The highest BCUT2D eigenvalue weighted by Crippen LogP contribution is 2.32. The van der Waals surface area contributed by atoms with E-state index >= 15 is 0 Å². The van der Waals surface area contributed by atoms with Gasteiger partial charge in [-0.1, -0.05) is 29.8 Å². The highest BCUT2D eigenvalue weighted by Gasteiger charge is 2.22. The molecule has 0 unspecified atom stereocenters. The summed E-state index contributed by atoms with van der Waals surface area (Å²) < 4.78 is 16.1. The molecule has 0 saturated heterocycles. The SMILES string of the molecule is Cn1ccnc1[C@@H](Nc1ccc([N+](=O)[O-])cc1Cl)c1ccccc1F. The Morgan fingerprint density at radius 1 is 1.32 bits per heavy atom. The molecule has 0 aliphatic carbocycles. The van der Waals surface area contributed by atoms with Crippen molar-refractivity contribution in [3.05, 3.63) is 87.2 Å². The molecule has 0 aliphatic heterocycles. The molecule has 25 heavy (non-hydrogen) atoms. The lowest BCUT2D eigenvalue weighted by Gasteiger charge is -2.21. The van der Waals surface area contributed by atoms with E-state index in [4.69, 9.17) is 11.6 Å². The van der Waals surface area contributed by atoms with E-state index in [2.05, 4.69) is 10.3 Å². The van der Waals surface area contributed by atoms with Crippen molar-refractivity contribution in [1.29, 1.82) is 0 Å². The zero-order chi connectivity index (χ0) is 18.0. The van der Waals surface area contributed by atoms with Crippen LogP contribution >= 0.6 is 11.6 Å². The first kappa shape index (κ1) is 16.9. The Labute approximate surface area is 148 Å². The normalized spacial score (nSPS) is 12.0. The van der Waals surface area contributed by atoms with E-state index in [1.807, 2.05) is 0 Å². The minimum Gasteiger partial charge on any atom is -0.370 e. The third kappa shape index (κ3) is 3.46. The van der Waals surface area contributed by atoms with E-state index in [0.717, 1.165) is 0 Å². The van der Waals surface area contributed by atoms with Crippen molar-refractivity contribution in [1.82, 2.24) is 9.55 Å². The molecular formula is C17H14ClFN4O2. The molecule has 1 heterocycles. The van der Waals surface area contributed by atoms with Crippen molar-refractivity contribution >= 4 is 23.0 Å². The predicted molar refractivity (Wildman–Crippen MR) is 93.2 cm³/mol. The average molecular weight is 361 g/mol. The van der Waals surface area contributed by atoms with Gasteiger partial charge in [-0.05, 0) is 12.1 Å². The molecule has 0 aliphatic rings. The molecule has 0 spiro atoms. The minimum atomic E-state index is -0.611. The molecule has 1 aromatic heterocycles. The van der Waals surface area contributed by atoms with Gasteiger partial charge in [0.25, 0.3) is 5.69 Å². The number of aryl methyl sites for hydroxylation is 1. The predicted octanol–water partition coefficient (Wildman–Crippen LogP) is 4.32. The highest BCUT2D eigenvalue weighted by molar-refractivity contribution is 6.33. The van der Waals surface area contributed by atoms with Gasteiger partial charge in [0.1, 0.15) is 17.7 Å². The number of halogens is 2. The van der Waals surface area contributed by atoms with E-state index in [1.54, 1.807) is 42.2 Å². The maximum atomic E-state index is 14.3. The van der Waals surface area contributed by atoms with Gasteiger partial charge in [-0.15, -0.1) is 0 Å².